The molecule has 0 fully saturated rings. The summed E-state index contributed by atoms with van der Waals surface area (Å²) in [6.45, 7) is 0. The van der Waals surface area contributed by atoms with Crippen LogP contribution in [0.4, 0.5) is 5.82 Å². The molecule has 28 heavy (non-hydrogen) atoms. The van der Waals surface area contributed by atoms with Crippen molar-refractivity contribution in [1.29, 1.82) is 0 Å². The minimum absolute atomic E-state index is 0.674. The Kier molecular flexibility index (Phi) is 4.19. The molecule has 0 saturated heterocycles. The summed E-state index contributed by atoms with van der Waals surface area (Å²) in [5.41, 5.74) is 7.82. The summed E-state index contributed by atoms with van der Waals surface area (Å²) in [7, 11) is 0. The second kappa shape index (κ2) is 7.13. The third-order valence-corrected chi connectivity index (χ3v) is 5.25. The van der Waals surface area contributed by atoms with E-state index in [1.165, 1.54) is 0 Å². The van der Waals surface area contributed by atoms with Gasteiger partial charge in [0.15, 0.2) is 5.82 Å². The SMILES string of the molecule is C(=N\Nc1ncnc2scc(-c3ccccc3)c12)/c1cccc2nccnc12. The molecule has 0 unspecified atom stereocenters. The van der Waals surface area contributed by atoms with Crippen molar-refractivity contribution in [2.75, 3.05) is 5.43 Å². The summed E-state index contributed by atoms with van der Waals surface area (Å²) < 4.78 is 0. The number of anilines is 1. The van der Waals surface area contributed by atoms with Crippen LogP contribution in [0.1, 0.15) is 5.56 Å². The quantitative estimate of drug-likeness (QED) is 0.359. The van der Waals surface area contributed by atoms with Crippen LogP contribution < -0.4 is 5.43 Å². The average molecular weight is 382 g/mol. The van der Waals surface area contributed by atoms with Gasteiger partial charge in [0.05, 0.1) is 22.6 Å². The maximum absolute atomic E-state index is 4.40. The zero-order valence-corrected chi connectivity index (χ0v) is 15.5. The van der Waals surface area contributed by atoms with Crippen molar-refractivity contribution >= 4 is 44.6 Å². The molecule has 6 nitrogen and oxygen atoms in total. The fraction of sp³-hybridized carbons (Fsp3) is 0. The number of thiophene rings is 1. The molecule has 0 spiro atoms. The van der Waals surface area contributed by atoms with Crippen molar-refractivity contribution in [3.05, 3.63) is 78.2 Å². The van der Waals surface area contributed by atoms with Gasteiger partial charge in [0.1, 0.15) is 11.2 Å². The molecule has 0 bridgehead atoms. The number of hydrogen-bond acceptors (Lipinski definition) is 7. The van der Waals surface area contributed by atoms with Crippen LogP contribution in [0.2, 0.25) is 0 Å². The number of nitrogens with zero attached hydrogens (tertiary/aromatic N) is 5. The van der Waals surface area contributed by atoms with Crippen LogP contribution in [0.25, 0.3) is 32.4 Å². The number of benzene rings is 2. The van der Waals surface area contributed by atoms with E-state index >= 15 is 0 Å². The largest absolute Gasteiger partial charge is 0.261 e. The Morgan fingerprint density at radius 2 is 1.79 bits per heavy atom. The molecule has 0 aliphatic carbocycles. The third-order valence-electron chi connectivity index (χ3n) is 4.36. The molecule has 0 radical (unpaired) electrons. The second-order valence-electron chi connectivity index (χ2n) is 6.06. The lowest BCUT2D eigenvalue weighted by atomic mass is 10.1. The van der Waals surface area contributed by atoms with Crippen molar-refractivity contribution < 1.29 is 0 Å². The highest BCUT2D eigenvalue weighted by atomic mass is 32.1. The predicted molar refractivity (Wildman–Crippen MR) is 114 cm³/mol. The first-order chi connectivity index (χ1) is 13.9. The van der Waals surface area contributed by atoms with Crippen molar-refractivity contribution in [3.8, 4) is 11.1 Å². The first-order valence-electron chi connectivity index (χ1n) is 8.66. The van der Waals surface area contributed by atoms with Crippen molar-refractivity contribution in [2.24, 2.45) is 5.10 Å². The minimum Gasteiger partial charge on any atom is -0.261 e. The zero-order chi connectivity index (χ0) is 18.8. The van der Waals surface area contributed by atoms with E-state index in [1.54, 1.807) is 36.3 Å². The van der Waals surface area contributed by atoms with E-state index in [-0.39, 0.29) is 0 Å². The van der Waals surface area contributed by atoms with Gasteiger partial charge in [-0.1, -0.05) is 42.5 Å². The van der Waals surface area contributed by atoms with E-state index in [4.69, 9.17) is 0 Å². The summed E-state index contributed by atoms with van der Waals surface area (Å²) >= 11 is 1.59. The number of para-hydroxylation sites is 1. The van der Waals surface area contributed by atoms with Gasteiger partial charge in [-0.25, -0.2) is 9.97 Å². The van der Waals surface area contributed by atoms with Gasteiger partial charge in [0.25, 0.3) is 0 Å². The molecule has 5 rings (SSSR count). The van der Waals surface area contributed by atoms with Gasteiger partial charge in [-0.05, 0) is 11.6 Å². The minimum atomic E-state index is 0.674. The Labute approximate surface area is 164 Å². The molecule has 134 valence electrons. The predicted octanol–water partition coefficient (Wildman–Crippen LogP) is 4.75. The molecule has 5 aromatic rings. The maximum Gasteiger partial charge on any atom is 0.159 e. The van der Waals surface area contributed by atoms with Crippen LogP contribution in [0.5, 0.6) is 0 Å². The molecule has 7 heteroatoms. The van der Waals surface area contributed by atoms with Crippen LogP contribution >= 0.6 is 11.3 Å². The van der Waals surface area contributed by atoms with Gasteiger partial charge in [0, 0.05) is 28.9 Å². The monoisotopic (exact) mass is 382 g/mol. The van der Waals surface area contributed by atoms with Crippen molar-refractivity contribution in [2.45, 2.75) is 0 Å². The Morgan fingerprint density at radius 1 is 0.893 bits per heavy atom. The van der Waals surface area contributed by atoms with Gasteiger partial charge in [-0.2, -0.15) is 5.10 Å². The van der Waals surface area contributed by atoms with Crippen LogP contribution in [-0.4, -0.2) is 26.2 Å². The third kappa shape index (κ3) is 2.97. The van der Waals surface area contributed by atoms with Crippen LogP contribution in [0, 0.1) is 0 Å². The van der Waals surface area contributed by atoms with Crippen LogP contribution in [0.15, 0.2) is 77.7 Å². The summed E-state index contributed by atoms with van der Waals surface area (Å²) in [6.07, 6.45) is 6.65. The molecule has 2 aromatic carbocycles. The Bertz CT molecular complexity index is 1290. The lowest BCUT2D eigenvalue weighted by Crippen LogP contribution is -1.96. The summed E-state index contributed by atoms with van der Waals surface area (Å²) in [5, 5.41) is 7.47. The number of hydrazone groups is 1. The normalized spacial score (nSPS) is 11.4. The Balaban J connectivity index is 1.52. The number of fused-ring (bicyclic) bond motifs is 2. The van der Waals surface area contributed by atoms with Crippen LogP contribution in [-0.2, 0) is 0 Å². The van der Waals surface area contributed by atoms with E-state index in [9.17, 15) is 0 Å². The first-order valence-corrected chi connectivity index (χ1v) is 9.54. The summed E-state index contributed by atoms with van der Waals surface area (Å²) in [4.78, 5) is 18.4. The fourth-order valence-corrected chi connectivity index (χ4v) is 3.99. The molecule has 0 atom stereocenters. The molecule has 3 aromatic heterocycles. The lowest BCUT2D eigenvalue weighted by Gasteiger charge is -2.05. The topological polar surface area (TPSA) is 76.0 Å². The summed E-state index contributed by atoms with van der Waals surface area (Å²) in [5.74, 6) is 0.674. The number of nitrogens with one attached hydrogen (secondary N) is 1. The van der Waals surface area contributed by atoms with Crippen molar-refractivity contribution in [3.63, 3.8) is 0 Å². The summed E-state index contributed by atoms with van der Waals surface area (Å²) in [6, 6.07) is 16.0. The molecule has 3 heterocycles. The molecule has 1 N–H and O–H groups in total. The first kappa shape index (κ1) is 16.5. The highest BCUT2D eigenvalue weighted by molar-refractivity contribution is 7.17. The van der Waals surface area contributed by atoms with Crippen LogP contribution in [0.3, 0.4) is 0 Å². The van der Waals surface area contributed by atoms with Gasteiger partial charge < -0.3 is 0 Å². The van der Waals surface area contributed by atoms with Gasteiger partial charge in [0.2, 0.25) is 0 Å². The average Bonchev–Trinajstić information content (AvgIpc) is 3.20. The maximum atomic E-state index is 4.40. The van der Waals surface area contributed by atoms with E-state index in [0.717, 1.165) is 37.9 Å². The number of hydrogen-bond donors (Lipinski definition) is 1. The van der Waals surface area contributed by atoms with Crippen molar-refractivity contribution in [1.82, 2.24) is 19.9 Å². The van der Waals surface area contributed by atoms with Gasteiger partial charge in [-0.15, -0.1) is 11.3 Å². The van der Waals surface area contributed by atoms with E-state index < -0.39 is 0 Å². The highest BCUT2D eigenvalue weighted by Gasteiger charge is 2.12. The molecule has 0 amide bonds. The number of aromatic nitrogens is 4. The smallest absolute Gasteiger partial charge is 0.159 e. The van der Waals surface area contributed by atoms with E-state index in [0.29, 0.717) is 5.82 Å². The fourth-order valence-electron chi connectivity index (χ4n) is 3.07. The second-order valence-corrected chi connectivity index (χ2v) is 6.92. The number of rotatable bonds is 4. The molecular formula is C21H14N6S. The van der Waals surface area contributed by atoms with E-state index in [1.807, 2.05) is 36.4 Å². The lowest BCUT2D eigenvalue weighted by molar-refractivity contribution is 1.19. The highest BCUT2D eigenvalue weighted by Crippen LogP contribution is 2.36. The van der Waals surface area contributed by atoms with Gasteiger partial charge in [-0.3, -0.25) is 15.4 Å². The molecule has 0 saturated carbocycles. The zero-order valence-electron chi connectivity index (χ0n) is 14.6. The Hall–Kier alpha value is -3.71. The Morgan fingerprint density at radius 3 is 2.71 bits per heavy atom. The standard InChI is InChI=1S/C21H14N6S/c1-2-5-14(6-3-1)16-12-28-21-18(16)20(24-13-25-21)27-26-11-15-7-4-8-17-19(15)23-10-9-22-17/h1-13H,(H,24,25,27)/b26-11+. The molecule has 0 aliphatic heterocycles. The van der Waals surface area contributed by atoms with Gasteiger partial charge >= 0.3 is 0 Å². The molecule has 0 aliphatic rings. The van der Waals surface area contributed by atoms with E-state index in [2.05, 4.69) is 48.0 Å². The molecular weight excluding hydrogens is 368 g/mol.